The summed E-state index contributed by atoms with van der Waals surface area (Å²) in [7, 11) is 0. The Bertz CT molecular complexity index is 55.1. The fourth-order valence-electron chi connectivity index (χ4n) is 0.677. The van der Waals surface area contributed by atoms with Crippen LogP contribution in [0, 0.1) is 0 Å². The second-order valence-corrected chi connectivity index (χ2v) is 1.85. The molecule has 2 nitrogen and oxygen atoms in total. The van der Waals surface area contributed by atoms with Crippen molar-refractivity contribution in [1.82, 2.24) is 0 Å². The molecule has 1 saturated heterocycles. The number of rotatable bonds is 0. The van der Waals surface area contributed by atoms with E-state index in [9.17, 15) is 0 Å². The first-order chi connectivity index (χ1) is 3.29. The van der Waals surface area contributed by atoms with Crippen LogP contribution in [0.2, 0.25) is 0 Å². The molecule has 0 aromatic rings. The van der Waals surface area contributed by atoms with Crippen LogP contribution in [0.4, 0.5) is 0 Å². The van der Waals surface area contributed by atoms with Gasteiger partial charge in [-0.25, -0.2) is 0 Å². The van der Waals surface area contributed by atoms with Crippen LogP contribution >= 0.6 is 0 Å². The van der Waals surface area contributed by atoms with Crippen LogP contribution in [0.5, 0.6) is 0 Å². The zero-order valence-corrected chi connectivity index (χ0v) is 4.68. The van der Waals surface area contributed by atoms with Crippen LogP contribution in [0.15, 0.2) is 0 Å². The summed E-state index contributed by atoms with van der Waals surface area (Å²) < 4.78 is 10.2. The van der Waals surface area contributed by atoms with Crippen LogP contribution in [-0.2, 0) is 9.47 Å². The van der Waals surface area contributed by atoms with Crippen molar-refractivity contribution in [2.24, 2.45) is 0 Å². The van der Waals surface area contributed by atoms with E-state index < -0.39 is 0 Å². The molecule has 1 fully saturated rings. The summed E-state index contributed by atoms with van der Waals surface area (Å²) in [6.07, 6.45) is 0.324. The van der Waals surface area contributed by atoms with Crippen LogP contribution in [0.1, 0.15) is 13.8 Å². The van der Waals surface area contributed by atoms with Gasteiger partial charge in [-0.2, -0.15) is 0 Å². The maximum Gasteiger partial charge on any atom is 0.155 e. The lowest BCUT2D eigenvalue weighted by atomic mass is 10.5. The Morgan fingerprint density at radius 3 is 2.29 bits per heavy atom. The Morgan fingerprint density at radius 1 is 1.43 bits per heavy atom. The highest BCUT2D eigenvalue weighted by atomic mass is 16.7. The molecule has 0 saturated carbocycles. The van der Waals surface area contributed by atoms with Gasteiger partial charge in [0.2, 0.25) is 0 Å². The molecule has 1 rings (SSSR count). The molecule has 1 aliphatic rings. The van der Waals surface area contributed by atoms with Gasteiger partial charge in [0, 0.05) is 0 Å². The number of ether oxygens (including phenoxy) is 2. The van der Waals surface area contributed by atoms with E-state index in [1.54, 1.807) is 0 Å². The van der Waals surface area contributed by atoms with Crippen LogP contribution < -0.4 is 0 Å². The molecule has 2 atom stereocenters. The van der Waals surface area contributed by atoms with E-state index in [0.717, 1.165) is 6.61 Å². The average Bonchev–Trinajstić information content (AvgIpc) is 1.87. The number of hydrogen-bond donors (Lipinski definition) is 0. The molecular formula is C5H10O2. The molecule has 0 bridgehead atoms. The van der Waals surface area contributed by atoms with Crippen molar-refractivity contribution < 1.29 is 9.47 Å². The van der Waals surface area contributed by atoms with Crippen LogP contribution in [0.25, 0.3) is 0 Å². The molecule has 0 aromatic heterocycles. The van der Waals surface area contributed by atoms with E-state index >= 15 is 0 Å². The lowest BCUT2D eigenvalue weighted by Crippen LogP contribution is -2.03. The summed E-state index contributed by atoms with van der Waals surface area (Å²) in [4.78, 5) is 0. The van der Waals surface area contributed by atoms with Crippen molar-refractivity contribution >= 4 is 0 Å². The molecule has 2 heteroatoms. The van der Waals surface area contributed by atoms with Crippen molar-refractivity contribution in [2.75, 3.05) is 6.61 Å². The molecular weight excluding hydrogens is 92.1 g/mol. The van der Waals surface area contributed by atoms with Crippen LogP contribution in [-0.4, -0.2) is 19.0 Å². The van der Waals surface area contributed by atoms with Crippen molar-refractivity contribution in [3.8, 4) is 0 Å². The second-order valence-electron chi connectivity index (χ2n) is 1.85. The highest BCUT2D eigenvalue weighted by Crippen LogP contribution is 2.08. The van der Waals surface area contributed by atoms with Gasteiger partial charge in [-0.1, -0.05) is 0 Å². The third-order valence-corrected chi connectivity index (χ3v) is 0.990. The second kappa shape index (κ2) is 1.80. The Balaban J connectivity index is 2.26. The normalized spacial score (nSPS) is 42.0. The standard InChI is InChI=1S/C5H10O2/c1-4-3-6-5(2)7-4/h4-5H,3H2,1-2H3/t4-,5-/m1/s1. The molecule has 0 spiro atoms. The fourth-order valence-corrected chi connectivity index (χ4v) is 0.677. The highest BCUT2D eigenvalue weighted by molar-refractivity contribution is 4.54. The van der Waals surface area contributed by atoms with Gasteiger partial charge in [-0.05, 0) is 13.8 Å². The summed E-state index contributed by atoms with van der Waals surface area (Å²) in [5.41, 5.74) is 0. The summed E-state index contributed by atoms with van der Waals surface area (Å²) in [6, 6.07) is 0. The fraction of sp³-hybridized carbons (Fsp3) is 1.00. The Labute approximate surface area is 43.4 Å². The van der Waals surface area contributed by atoms with E-state index in [2.05, 4.69) is 0 Å². The smallest absolute Gasteiger partial charge is 0.155 e. The minimum Gasteiger partial charge on any atom is -0.350 e. The first kappa shape index (κ1) is 5.06. The van der Waals surface area contributed by atoms with E-state index in [1.165, 1.54) is 0 Å². The van der Waals surface area contributed by atoms with Gasteiger partial charge in [0.15, 0.2) is 6.29 Å². The molecule has 0 amide bonds. The molecule has 0 aromatic carbocycles. The molecule has 0 aliphatic carbocycles. The van der Waals surface area contributed by atoms with Gasteiger partial charge in [0.05, 0.1) is 12.7 Å². The Morgan fingerprint density at radius 2 is 2.14 bits per heavy atom. The molecule has 0 radical (unpaired) electrons. The lowest BCUT2D eigenvalue weighted by Gasteiger charge is -1.98. The largest absolute Gasteiger partial charge is 0.350 e. The highest BCUT2D eigenvalue weighted by Gasteiger charge is 2.16. The van der Waals surface area contributed by atoms with E-state index in [1.807, 2.05) is 13.8 Å². The molecule has 42 valence electrons. The molecule has 0 N–H and O–H groups in total. The Kier molecular flexibility index (Phi) is 1.30. The maximum absolute atomic E-state index is 5.14. The first-order valence-electron chi connectivity index (χ1n) is 2.56. The average molecular weight is 102 g/mol. The summed E-state index contributed by atoms with van der Waals surface area (Å²) >= 11 is 0. The first-order valence-corrected chi connectivity index (χ1v) is 2.56. The zero-order valence-electron chi connectivity index (χ0n) is 4.68. The molecule has 1 heterocycles. The molecule has 1 aliphatic heterocycles. The number of hydrogen-bond acceptors (Lipinski definition) is 2. The Hall–Kier alpha value is -0.0800. The lowest BCUT2D eigenvalue weighted by molar-refractivity contribution is -0.0389. The molecule has 7 heavy (non-hydrogen) atoms. The maximum atomic E-state index is 5.14. The summed E-state index contributed by atoms with van der Waals surface area (Å²) in [6.45, 7) is 4.66. The quantitative estimate of drug-likeness (QED) is 0.449. The van der Waals surface area contributed by atoms with Gasteiger partial charge >= 0.3 is 0 Å². The van der Waals surface area contributed by atoms with Gasteiger partial charge < -0.3 is 9.47 Å². The SMILES string of the molecule is C[C@@H]1OC[C@@H](C)O1. The molecule has 0 unspecified atom stereocenters. The van der Waals surface area contributed by atoms with Crippen molar-refractivity contribution in [1.29, 1.82) is 0 Å². The van der Waals surface area contributed by atoms with Gasteiger partial charge in [-0.3, -0.25) is 0 Å². The minimum absolute atomic E-state index is 0.0231. The van der Waals surface area contributed by atoms with Gasteiger partial charge in [0.25, 0.3) is 0 Å². The zero-order chi connectivity index (χ0) is 5.28. The van der Waals surface area contributed by atoms with Gasteiger partial charge in [-0.15, -0.1) is 0 Å². The van der Waals surface area contributed by atoms with E-state index in [4.69, 9.17) is 9.47 Å². The van der Waals surface area contributed by atoms with Crippen LogP contribution in [0.3, 0.4) is 0 Å². The predicted molar refractivity (Wildman–Crippen MR) is 26.0 cm³/mol. The van der Waals surface area contributed by atoms with E-state index in [-0.39, 0.29) is 6.29 Å². The summed E-state index contributed by atoms with van der Waals surface area (Å²) in [5.74, 6) is 0. The van der Waals surface area contributed by atoms with Gasteiger partial charge in [0.1, 0.15) is 0 Å². The van der Waals surface area contributed by atoms with E-state index in [0.29, 0.717) is 6.10 Å². The van der Waals surface area contributed by atoms with Crippen molar-refractivity contribution in [3.05, 3.63) is 0 Å². The third-order valence-electron chi connectivity index (χ3n) is 0.990. The summed E-state index contributed by atoms with van der Waals surface area (Å²) in [5, 5.41) is 0. The predicted octanol–water partition coefficient (Wildman–Crippen LogP) is 0.768. The van der Waals surface area contributed by atoms with Crippen molar-refractivity contribution in [2.45, 2.75) is 26.2 Å². The minimum atomic E-state index is 0.0231. The third kappa shape index (κ3) is 1.14. The monoisotopic (exact) mass is 102 g/mol. The van der Waals surface area contributed by atoms with Crippen molar-refractivity contribution in [3.63, 3.8) is 0 Å². The topological polar surface area (TPSA) is 18.5 Å².